The monoisotopic (exact) mass is 482 g/mol. The van der Waals surface area contributed by atoms with Gasteiger partial charge in [-0.3, -0.25) is 19.3 Å². The molecule has 10 heteroatoms. The smallest absolute Gasteiger partial charge is 0.269 e. The molecule has 1 N–H and O–H groups in total. The minimum atomic E-state index is -4.01. The molecule has 2 aromatic carbocycles. The molecule has 2 heterocycles. The number of sulfonamides is 1. The Balaban J connectivity index is 1.21. The van der Waals surface area contributed by atoms with Crippen LogP contribution in [0.1, 0.15) is 23.2 Å². The van der Waals surface area contributed by atoms with E-state index >= 15 is 0 Å². The molecule has 9 nitrogen and oxygen atoms in total. The third-order valence-corrected chi connectivity index (χ3v) is 8.14. The summed E-state index contributed by atoms with van der Waals surface area (Å²) in [6, 6.07) is 12.2. The first kappa shape index (κ1) is 22.3. The van der Waals surface area contributed by atoms with Gasteiger partial charge < -0.3 is 9.84 Å². The zero-order valence-electron chi connectivity index (χ0n) is 18.0. The average Bonchev–Trinajstić information content (AvgIpc) is 3.21. The second-order valence-corrected chi connectivity index (χ2v) is 10.3. The Labute approximate surface area is 196 Å². The van der Waals surface area contributed by atoms with Crippen molar-refractivity contribution in [2.45, 2.75) is 23.8 Å². The average molecular weight is 483 g/mol. The van der Waals surface area contributed by atoms with E-state index < -0.39 is 28.6 Å². The third kappa shape index (κ3) is 3.59. The molecule has 2 aliphatic heterocycles. The van der Waals surface area contributed by atoms with E-state index in [2.05, 4.69) is 0 Å². The van der Waals surface area contributed by atoms with Crippen LogP contribution < -0.4 is 9.64 Å². The van der Waals surface area contributed by atoms with Crippen molar-refractivity contribution < 1.29 is 32.6 Å². The van der Waals surface area contributed by atoms with Crippen LogP contribution in [-0.2, 0) is 19.6 Å². The number of ether oxygens (including phenoxy) is 1. The van der Waals surface area contributed by atoms with Gasteiger partial charge in [-0.1, -0.05) is 24.3 Å². The standard InChI is InChI=1S/C24H22N2O7S/c27-16(13-25-22(28)20-7-3-4-8-21(20)34(25,31)32)14-33-17-11-9-15(10-12-17)26-23(29)18-5-1-2-6-19(18)24(26)30/h1-4,7-12,16,18-19,27H,5-6,13-14H2/t16-,18-,19-/m1/s1. The predicted octanol–water partition coefficient (Wildman–Crippen LogP) is 1.73. The topological polar surface area (TPSA) is 121 Å². The number of fused-ring (bicyclic) bond motifs is 2. The number of carbonyl (C=O) groups excluding carboxylic acids is 3. The highest BCUT2D eigenvalue weighted by Crippen LogP contribution is 2.38. The number of aliphatic hydroxyl groups excluding tert-OH is 1. The Morgan fingerprint density at radius 3 is 2.18 bits per heavy atom. The summed E-state index contributed by atoms with van der Waals surface area (Å²) >= 11 is 0. The lowest BCUT2D eigenvalue weighted by atomic mass is 9.85. The number of β-amino-alcohol motifs (C(OH)–C–C–N with tert-alkyl or cyclic N) is 1. The van der Waals surface area contributed by atoms with E-state index in [0.29, 0.717) is 28.6 Å². The van der Waals surface area contributed by atoms with Gasteiger partial charge in [-0.05, 0) is 49.2 Å². The lowest BCUT2D eigenvalue weighted by Crippen LogP contribution is -2.39. The molecule has 0 bridgehead atoms. The quantitative estimate of drug-likeness (QED) is 0.492. The molecule has 1 aliphatic carbocycles. The fourth-order valence-corrected chi connectivity index (χ4v) is 6.20. The number of imide groups is 1. The summed E-state index contributed by atoms with van der Waals surface area (Å²) in [7, 11) is -4.01. The molecule has 0 spiro atoms. The van der Waals surface area contributed by atoms with E-state index in [0.717, 1.165) is 0 Å². The molecule has 0 saturated carbocycles. The highest BCUT2D eigenvalue weighted by molar-refractivity contribution is 7.90. The van der Waals surface area contributed by atoms with E-state index in [1.165, 1.54) is 23.1 Å². The number of benzene rings is 2. The van der Waals surface area contributed by atoms with Crippen molar-refractivity contribution in [1.82, 2.24) is 4.31 Å². The summed E-state index contributed by atoms with van der Waals surface area (Å²) in [5.74, 6) is -1.38. The molecule has 0 aromatic heterocycles. The maximum atomic E-state index is 12.7. The zero-order valence-corrected chi connectivity index (χ0v) is 18.8. The molecule has 1 saturated heterocycles. The van der Waals surface area contributed by atoms with E-state index in [-0.39, 0.29) is 40.7 Å². The molecule has 0 radical (unpaired) electrons. The van der Waals surface area contributed by atoms with Crippen molar-refractivity contribution >= 4 is 33.4 Å². The van der Waals surface area contributed by atoms with Gasteiger partial charge in [0.2, 0.25) is 11.8 Å². The Morgan fingerprint density at radius 1 is 0.941 bits per heavy atom. The number of rotatable bonds is 6. The summed E-state index contributed by atoms with van der Waals surface area (Å²) in [5.41, 5.74) is 0.525. The summed E-state index contributed by atoms with van der Waals surface area (Å²) in [5, 5.41) is 10.3. The van der Waals surface area contributed by atoms with Crippen molar-refractivity contribution in [2.75, 3.05) is 18.1 Å². The first-order valence-corrected chi connectivity index (χ1v) is 12.3. The molecule has 3 amide bonds. The molecule has 176 valence electrons. The molecule has 5 rings (SSSR count). The SMILES string of the molecule is O=C1[C@@H]2CC=CC[C@H]2C(=O)N1c1ccc(OC[C@H](O)CN2C(=O)c3ccccc3S2(=O)=O)cc1. The van der Waals surface area contributed by atoms with E-state index in [9.17, 15) is 27.9 Å². The van der Waals surface area contributed by atoms with Gasteiger partial charge in [-0.2, -0.15) is 0 Å². The zero-order chi connectivity index (χ0) is 24.0. The van der Waals surface area contributed by atoms with Crippen molar-refractivity contribution in [2.24, 2.45) is 11.8 Å². The van der Waals surface area contributed by atoms with Gasteiger partial charge in [-0.25, -0.2) is 12.7 Å². The number of hydrogen-bond donors (Lipinski definition) is 1. The Kier molecular flexibility index (Phi) is 5.49. The lowest BCUT2D eigenvalue weighted by molar-refractivity contribution is -0.122. The molecular weight excluding hydrogens is 460 g/mol. The van der Waals surface area contributed by atoms with Crippen molar-refractivity contribution in [1.29, 1.82) is 0 Å². The van der Waals surface area contributed by atoms with Crippen LogP contribution >= 0.6 is 0 Å². The molecule has 0 unspecified atom stereocenters. The fourth-order valence-electron chi connectivity index (χ4n) is 4.59. The first-order valence-electron chi connectivity index (χ1n) is 10.9. The van der Waals surface area contributed by atoms with Crippen LogP contribution in [0.15, 0.2) is 65.6 Å². The maximum absolute atomic E-state index is 12.7. The predicted molar refractivity (Wildman–Crippen MR) is 120 cm³/mol. The Bertz CT molecular complexity index is 1280. The summed E-state index contributed by atoms with van der Waals surface area (Å²) in [6.45, 7) is -0.700. The molecule has 34 heavy (non-hydrogen) atoms. The van der Waals surface area contributed by atoms with Crippen LogP contribution in [0.5, 0.6) is 5.75 Å². The molecular formula is C24H22N2O7S. The maximum Gasteiger partial charge on any atom is 0.269 e. The Hall–Kier alpha value is -3.50. The van der Waals surface area contributed by atoms with Crippen LogP contribution in [0.2, 0.25) is 0 Å². The van der Waals surface area contributed by atoms with Crippen molar-refractivity contribution in [3.05, 3.63) is 66.2 Å². The molecule has 3 aliphatic rings. The number of hydrogen-bond acceptors (Lipinski definition) is 7. The van der Waals surface area contributed by atoms with Crippen molar-refractivity contribution in [3.8, 4) is 5.75 Å². The summed E-state index contributed by atoms with van der Waals surface area (Å²) < 4.78 is 31.4. The Morgan fingerprint density at radius 2 is 1.56 bits per heavy atom. The fraction of sp³-hybridized carbons (Fsp3) is 0.292. The van der Waals surface area contributed by atoms with E-state index in [1.807, 2.05) is 12.2 Å². The third-order valence-electron chi connectivity index (χ3n) is 6.33. The lowest BCUT2D eigenvalue weighted by Gasteiger charge is -2.20. The van der Waals surface area contributed by atoms with Crippen molar-refractivity contribution in [3.63, 3.8) is 0 Å². The normalized spacial score (nSPS) is 23.7. The number of allylic oxidation sites excluding steroid dienone is 2. The highest BCUT2D eigenvalue weighted by Gasteiger charge is 2.47. The second kappa shape index (κ2) is 8.37. The minimum Gasteiger partial charge on any atom is -0.491 e. The van der Waals surface area contributed by atoms with Crippen LogP contribution in [0.25, 0.3) is 0 Å². The second-order valence-electron chi connectivity index (χ2n) is 8.46. The van der Waals surface area contributed by atoms with Gasteiger partial charge in [0.05, 0.1) is 29.6 Å². The number of anilines is 1. The number of aliphatic hydroxyl groups is 1. The van der Waals surface area contributed by atoms with Gasteiger partial charge in [0.1, 0.15) is 23.4 Å². The minimum absolute atomic E-state index is 0.0767. The van der Waals surface area contributed by atoms with Crippen LogP contribution in [0.3, 0.4) is 0 Å². The first-order chi connectivity index (χ1) is 16.3. The summed E-state index contributed by atoms with van der Waals surface area (Å²) in [6.07, 6.45) is 3.72. The van der Waals surface area contributed by atoms with Gasteiger partial charge in [0.25, 0.3) is 15.9 Å². The number of carbonyl (C=O) groups is 3. The van der Waals surface area contributed by atoms with Crippen LogP contribution in [-0.4, -0.2) is 54.8 Å². The van der Waals surface area contributed by atoms with Crippen LogP contribution in [0.4, 0.5) is 5.69 Å². The number of amides is 3. The molecule has 2 aromatic rings. The number of nitrogens with zero attached hydrogens (tertiary/aromatic N) is 2. The highest BCUT2D eigenvalue weighted by atomic mass is 32.2. The molecule has 3 atom stereocenters. The van der Waals surface area contributed by atoms with Gasteiger partial charge in [-0.15, -0.1) is 0 Å². The summed E-state index contributed by atoms with van der Waals surface area (Å²) in [4.78, 5) is 39.0. The van der Waals surface area contributed by atoms with Gasteiger partial charge in [0, 0.05) is 0 Å². The van der Waals surface area contributed by atoms with E-state index in [1.54, 1.807) is 30.3 Å². The molecule has 1 fully saturated rings. The van der Waals surface area contributed by atoms with E-state index in [4.69, 9.17) is 4.74 Å². The van der Waals surface area contributed by atoms with Gasteiger partial charge in [0.15, 0.2) is 0 Å². The van der Waals surface area contributed by atoms with Crippen LogP contribution in [0, 0.1) is 11.8 Å². The van der Waals surface area contributed by atoms with Gasteiger partial charge >= 0.3 is 0 Å². The largest absolute Gasteiger partial charge is 0.491 e.